The van der Waals surface area contributed by atoms with E-state index in [4.69, 9.17) is 0 Å². The van der Waals surface area contributed by atoms with Gasteiger partial charge < -0.3 is 4.74 Å². The van der Waals surface area contributed by atoms with Gasteiger partial charge in [0, 0.05) is 0 Å². The standard InChI is InChI=1S/C11H7F2NO4/c1-18-11(15)4-2-3-7-5-9(13)10(14(16)17)6-8(7)12/h5-6H,4H2,1H3. The molecule has 0 aliphatic heterocycles. The molecule has 1 rings (SSSR count). The van der Waals surface area contributed by atoms with E-state index in [-0.39, 0.29) is 12.0 Å². The van der Waals surface area contributed by atoms with E-state index in [1.807, 2.05) is 0 Å². The molecule has 94 valence electrons. The molecule has 0 radical (unpaired) electrons. The number of carbonyl (C=O) groups is 1. The third kappa shape index (κ3) is 3.25. The van der Waals surface area contributed by atoms with Gasteiger partial charge in [-0.1, -0.05) is 11.8 Å². The lowest BCUT2D eigenvalue weighted by molar-refractivity contribution is -0.387. The minimum atomic E-state index is -1.19. The van der Waals surface area contributed by atoms with Crippen molar-refractivity contribution in [3.63, 3.8) is 0 Å². The average Bonchev–Trinajstić information content (AvgIpc) is 2.32. The fraction of sp³-hybridized carbons (Fsp3) is 0.182. The molecule has 0 aliphatic rings. The molecule has 0 atom stereocenters. The van der Waals surface area contributed by atoms with Gasteiger partial charge >= 0.3 is 11.7 Å². The van der Waals surface area contributed by atoms with Gasteiger partial charge in [-0.3, -0.25) is 14.9 Å². The summed E-state index contributed by atoms with van der Waals surface area (Å²) < 4.78 is 30.8. The van der Waals surface area contributed by atoms with Gasteiger partial charge in [0.25, 0.3) is 0 Å². The van der Waals surface area contributed by atoms with E-state index in [0.29, 0.717) is 12.1 Å². The van der Waals surface area contributed by atoms with Gasteiger partial charge in [-0.25, -0.2) is 4.39 Å². The second-order valence-electron chi connectivity index (χ2n) is 3.10. The van der Waals surface area contributed by atoms with Crippen LogP contribution < -0.4 is 0 Å². The molecule has 0 aromatic heterocycles. The van der Waals surface area contributed by atoms with Gasteiger partial charge in [0.15, 0.2) is 0 Å². The molecule has 1 aromatic rings. The summed E-state index contributed by atoms with van der Waals surface area (Å²) in [5.74, 6) is 1.63. The predicted molar refractivity (Wildman–Crippen MR) is 56.5 cm³/mol. The molecule has 0 heterocycles. The van der Waals surface area contributed by atoms with Crippen molar-refractivity contribution in [2.45, 2.75) is 6.42 Å². The van der Waals surface area contributed by atoms with Gasteiger partial charge in [0.05, 0.1) is 23.7 Å². The molecule has 1 aromatic carbocycles. The summed E-state index contributed by atoms with van der Waals surface area (Å²) in [6.07, 6.45) is -0.283. The Morgan fingerprint density at radius 1 is 1.44 bits per heavy atom. The number of nitro benzene ring substituents is 1. The first-order valence-electron chi connectivity index (χ1n) is 4.65. The van der Waals surface area contributed by atoms with Crippen LogP contribution in [0.15, 0.2) is 12.1 Å². The van der Waals surface area contributed by atoms with E-state index in [1.54, 1.807) is 0 Å². The van der Waals surface area contributed by atoms with E-state index in [9.17, 15) is 23.7 Å². The number of hydrogen-bond donors (Lipinski definition) is 0. The molecule has 0 bridgehead atoms. The highest BCUT2D eigenvalue weighted by molar-refractivity contribution is 5.72. The number of halogens is 2. The van der Waals surface area contributed by atoms with Crippen molar-refractivity contribution in [3.05, 3.63) is 39.4 Å². The summed E-state index contributed by atoms with van der Waals surface area (Å²) in [7, 11) is 1.16. The van der Waals surface area contributed by atoms with Crippen molar-refractivity contribution >= 4 is 11.7 Å². The van der Waals surface area contributed by atoms with Gasteiger partial charge in [-0.2, -0.15) is 4.39 Å². The van der Waals surface area contributed by atoms with Crippen molar-refractivity contribution in [1.29, 1.82) is 0 Å². The van der Waals surface area contributed by atoms with Gasteiger partial charge in [-0.05, 0) is 6.07 Å². The minimum absolute atomic E-state index is 0.283. The van der Waals surface area contributed by atoms with E-state index < -0.39 is 28.2 Å². The first-order chi connectivity index (χ1) is 8.45. The van der Waals surface area contributed by atoms with Crippen LogP contribution in [0.4, 0.5) is 14.5 Å². The smallest absolute Gasteiger partial charge is 0.317 e. The highest BCUT2D eigenvalue weighted by atomic mass is 19.1. The van der Waals surface area contributed by atoms with Crippen molar-refractivity contribution in [2.75, 3.05) is 7.11 Å². The highest BCUT2D eigenvalue weighted by Crippen LogP contribution is 2.20. The molecule has 0 N–H and O–H groups in total. The molecule has 18 heavy (non-hydrogen) atoms. The number of rotatable bonds is 2. The Labute approximate surface area is 101 Å². The Balaban J connectivity index is 3.02. The first-order valence-corrected chi connectivity index (χ1v) is 4.65. The summed E-state index contributed by atoms with van der Waals surface area (Å²) in [4.78, 5) is 20.0. The Morgan fingerprint density at radius 3 is 2.67 bits per heavy atom. The number of benzene rings is 1. The maximum atomic E-state index is 13.3. The molecule has 0 saturated heterocycles. The summed E-state index contributed by atoms with van der Waals surface area (Å²) >= 11 is 0. The minimum Gasteiger partial charge on any atom is -0.468 e. The molecule has 0 unspecified atom stereocenters. The van der Waals surface area contributed by atoms with Crippen LogP contribution in [0.1, 0.15) is 12.0 Å². The summed E-state index contributed by atoms with van der Waals surface area (Å²) in [5.41, 5.74) is -1.33. The highest BCUT2D eigenvalue weighted by Gasteiger charge is 2.17. The molecular weight excluding hydrogens is 248 g/mol. The molecule has 7 heteroatoms. The lowest BCUT2D eigenvalue weighted by Gasteiger charge is -1.97. The van der Waals surface area contributed by atoms with Gasteiger partial charge in [-0.15, -0.1) is 0 Å². The third-order valence-corrected chi connectivity index (χ3v) is 1.92. The number of esters is 1. The zero-order chi connectivity index (χ0) is 13.7. The monoisotopic (exact) mass is 255 g/mol. The van der Waals surface area contributed by atoms with Crippen LogP contribution in [0.3, 0.4) is 0 Å². The number of carbonyl (C=O) groups excluding carboxylic acids is 1. The Morgan fingerprint density at radius 2 is 2.11 bits per heavy atom. The number of ether oxygens (including phenoxy) is 1. The van der Waals surface area contributed by atoms with Crippen molar-refractivity contribution in [1.82, 2.24) is 0 Å². The van der Waals surface area contributed by atoms with E-state index in [1.165, 1.54) is 0 Å². The molecule has 0 spiro atoms. The number of hydrogen-bond acceptors (Lipinski definition) is 4. The molecule has 0 fully saturated rings. The van der Waals surface area contributed by atoms with Crippen molar-refractivity contribution < 1.29 is 23.2 Å². The SMILES string of the molecule is COC(=O)CC#Cc1cc(F)c([N+](=O)[O-])cc1F. The van der Waals surface area contributed by atoms with Crippen LogP contribution in [0.5, 0.6) is 0 Å². The second-order valence-corrected chi connectivity index (χ2v) is 3.10. The van der Waals surface area contributed by atoms with Crippen LogP contribution >= 0.6 is 0 Å². The lowest BCUT2D eigenvalue weighted by Crippen LogP contribution is -1.98. The maximum absolute atomic E-state index is 13.3. The van der Waals surface area contributed by atoms with Crippen molar-refractivity contribution in [2.24, 2.45) is 0 Å². The summed E-state index contributed by atoms with van der Waals surface area (Å²) in [6, 6.07) is 1.05. The zero-order valence-corrected chi connectivity index (χ0v) is 9.20. The number of methoxy groups -OCH3 is 1. The first kappa shape index (κ1) is 13.6. The number of nitro groups is 1. The topological polar surface area (TPSA) is 69.4 Å². The molecule has 5 nitrogen and oxygen atoms in total. The van der Waals surface area contributed by atoms with E-state index >= 15 is 0 Å². The normalized spacial score (nSPS) is 9.28. The Bertz CT molecular complexity index is 560. The van der Waals surface area contributed by atoms with Gasteiger partial charge in [0.2, 0.25) is 5.82 Å². The Kier molecular flexibility index (Phi) is 4.32. The molecular formula is C11H7F2NO4. The largest absolute Gasteiger partial charge is 0.468 e. The van der Waals surface area contributed by atoms with Gasteiger partial charge in [0.1, 0.15) is 12.2 Å². The fourth-order valence-electron chi connectivity index (χ4n) is 1.06. The zero-order valence-electron chi connectivity index (χ0n) is 9.20. The second kappa shape index (κ2) is 5.72. The summed E-state index contributed by atoms with van der Waals surface area (Å²) in [6.45, 7) is 0. The third-order valence-electron chi connectivity index (χ3n) is 1.92. The summed E-state index contributed by atoms with van der Waals surface area (Å²) in [5, 5.41) is 10.3. The van der Waals surface area contributed by atoms with Crippen LogP contribution in [-0.4, -0.2) is 18.0 Å². The average molecular weight is 255 g/mol. The fourth-order valence-corrected chi connectivity index (χ4v) is 1.06. The predicted octanol–water partition coefficient (Wildman–Crippen LogP) is 1.79. The maximum Gasteiger partial charge on any atom is 0.317 e. The van der Waals surface area contributed by atoms with Crippen LogP contribution in [0.25, 0.3) is 0 Å². The lowest BCUT2D eigenvalue weighted by atomic mass is 10.2. The Hall–Kier alpha value is -2.49. The van der Waals surface area contributed by atoms with Crippen molar-refractivity contribution in [3.8, 4) is 11.8 Å². The quantitative estimate of drug-likeness (QED) is 0.349. The van der Waals surface area contributed by atoms with E-state index in [0.717, 1.165) is 7.11 Å². The van der Waals surface area contributed by atoms with E-state index in [2.05, 4.69) is 16.6 Å². The number of nitrogens with zero attached hydrogens (tertiary/aromatic N) is 1. The molecule has 0 aliphatic carbocycles. The van der Waals surface area contributed by atoms with Crippen LogP contribution in [0, 0.1) is 33.6 Å². The van der Waals surface area contributed by atoms with Crippen LogP contribution in [0.2, 0.25) is 0 Å². The molecule has 0 saturated carbocycles. The molecule has 0 amide bonds. The van der Waals surface area contributed by atoms with Crippen LogP contribution in [-0.2, 0) is 9.53 Å².